The van der Waals surface area contributed by atoms with E-state index in [0.29, 0.717) is 19.0 Å². The van der Waals surface area contributed by atoms with E-state index in [1.165, 1.54) is 24.3 Å². The molecule has 0 aliphatic carbocycles. The van der Waals surface area contributed by atoms with Crippen LogP contribution >= 0.6 is 24.0 Å². The number of aliphatic imine (C=N–C) groups is 1. The molecule has 0 saturated heterocycles. The molecule has 0 saturated carbocycles. The normalized spacial score (nSPS) is 11.5. The second-order valence-corrected chi connectivity index (χ2v) is 5.46. The van der Waals surface area contributed by atoms with Crippen LogP contribution in [0, 0.1) is 5.82 Å². The topological polar surface area (TPSA) is 45.7 Å². The van der Waals surface area contributed by atoms with E-state index in [9.17, 15) is 17.6 Å². The SMILES string of the molecule is CN=C(NCc1cccc(F)c1)NCc1cccc(OCC(F)(F)F)c1.I. The Kier molecular flexibility index (Phi) is 9.33. The van der Waals surface area contributed by atoms with Gasteiger partial charge in [-0.15, -0.1) is 24.0 Å². The minimum Gasteiger partial charge on any atom is -0.484 e. The summed E-state index contributed by atoms with van der Waals surface area (Å²) in [4.78, 5) is 4.05. The standard InChI is InChI=1S/C18H19F4N3O.HI/c1-23-17(24-10-13-4-2-6-15(19)8-13)25-11-14-5-3-7-16(9-14)26-12-18(20,21)22;/h2-9H,10-12H2,1H3,(H2,23,24,25);1H. The summed E-state index contributed by atoms with van der Waals surface area (Å²) in [5, 5.41) is 6.07. The van der Waals surface area contributed by atoms with Gasteiger partial charge in [0, 0.05) is 20.1 Å². The highest BCUT2D eigenvalue weighted by atomic mass is 127. The number of guanidine groups is 1. The summed E-state index contributed by atoms with van der Waals surface area (Å²) in [5.41, 5.74) is 1.49. The molecule has 0 radical (unpaired) electrons. The second kappa shape index (κ2) is 11.0. The highest BCUT2D eigenvalue weighted by Crippen LogP contribution is 2.19. The van der Waals surface area contributed by atoms with Crippen LogP contribution in [0.5, 0.6) is 5.75 Å². The molecule has 2 aromatic rings. The summed E-state index contributed by atoms with van der Waals surface area (Å²) in [5.74, 6) is 0.308. The third-order valence-electron chi connectivity index (χ3n) is 3.33. The average Bonchev–Trinajstić information content (AvgIpc) is 2.60. The molecule has 0 bridgehead atoms. The molecule has 0 atom stereocenters. The Hall–Kier alpha value is -2.04. The van der Waals surface area contributed by atoms with Crippen molar-refractivity contribution in [2.24, 2.45) is 4.99 Å². The highest BCUT2D eigenvalue weighted by molar-refractivity contribution is 14.0. The maximum absolute atomic E-state index is 13.2. The molecule has 0 unspecified atom stereocenters. The first kappa shape index (κ1) is 23.0. The second-order valence-electron chi connectivity index (χ2n) is 5.46. The van der Waals surface area contributed by atoms with Crippen LogP contribution in [0.1, 0.15) is 11.1 Å². The lowest BCUT2D eigenvalue weighted by Crippen LogP contribution is -2.36. The van der Waals surface area contributed by atoms with Crippen LogP contribution in [0.2, 0.25) is 0 Å². The molecular weight excluding hydrogens is 477 g/mol. The number of ether oxygens (including phenoxy) is 1. The molecule has 0 amide bonds. The lowest BCUT2D eigenvalue weighted by Gasteiger charge is -2.13. The summed E-state index contributed by atoms with van der Waals surface area (Å²) < 4.78 is 54.5. The van der Waals surface area contributed by atoms with Crippen molar-refractivity contribution in [3.05, 3.63) is 65.5 Å². The summed E-state index contributed by atoms with van der Waals surface area (Å²) >= 11 is 0. The monoisotopic (exact) mass is 497 g/mol. The molecule has 0 aliphatic heterocycles. The fraction of sp³-hybridized carbons (Fsp3) is 0.278. The zero-order valence-corrected chi connectivity index (χ0v) is 16.8. The Morgan fingerprint density at radius 2 is 1.59 bits per heavy atom. The molecule has 0 spiro atoms. The van der Waals surface area contributed by atoms with Crippen molar-refractivity contribution in [1.29, 1.82) is 0 Å². The maximum atomic E-state index is 13.2. The predicted molar refractivity (Wildman–Crippen MR) is 107 cm³/mol. The Morgan fingerprint density at radius 3 is 2.15 bits per heavy atom. The third-order valence-corrected chi connectivity index (χ3v) is 3.33. The van der Waals surface area contributed by atoms with E-state index >= 15 is 0 Å². The number of rotatable bonds is 6. The lowest BCUT2D eigenvalue weighted by atomic mass is 10.2. The van der Waals surface area contributed by atoms with E-state index in [4.69, 9.17) is 4.74 Å². The molecule has 0 aromatic heterocycles. The van der Waals surface area contributed by atoms with E-state index in [1.807, 2.05) is 0 Å². The largest absolute Gasteiger partial charge is 0.484 e. The first-order chi connectivity index (χ1) is 12.4. The van der Waals surface area contributed by atoms with E-state index in [2.05, 4.69) is 15.6 Å². The van der Waals surface area contributed by atoms with Gasteiger partial charge in [0.2, 0.25) is 0 Å². The van der Waals surface area contributed by atoms with Crippen molar-refractivity contribution in [3.63, 3.8) is 0 Å². The van der Waals surface area contributed by atoms with Gasteiger partial charge in [-0.05, 0) is 35.4 Å². The molecule has 0 fully saturated rings. The summed E-state index contributed by atoms with van der Waals surface area (Å²) in [6.45, 7) is -0.612. The fourth-order valence-electron chi connectivity index (χ4n) is 2.15. The zero-order chi connectivity index (χ0) is 19.0. The van der Waals surface area contributed by atoms with Crippen molar-refractivity contribution >= 4 is 29.9 Å². The molecule has 4 nitrogen and oxygen atoms in total. The van der Waals surface area contributed by atoms with E-state index in [-0.39, 0.29) is 35.5 Å². The first-order valence-corrected chi connectivity index (χ1v) is 7.83. The van der Waals surface area contributed by atoms with Crippen molar-refractivity contribution in [3.8, 4) is 5.75 Å². The Morgan fingerprint density at radius 1 is 1.00 bits per heavy atom. The molecule has 0 heterocycles. The van der Waals surface area contributed by atoms with Gasteiger partial charge in [0.25, 0.3) is 0 Å². The van der Waals surface area contributed by atoms with Crippen molar-refractivity contribution < 1.29 is 22.3 Å². The van der Waals surface area contributed by atoms with Gasteiger partial charge in [0.05, 0.1) is 0 Å². The Labute approximate surface area is 172 Å². The molecule has 148 valence electrons. The lowest BCUT2D eigenvalue weighted by molar-refractivity contribution is -0.153. The number of hydrogen-bond acceptors (Lipinski definition) is 2. The molecule has 2 aromatic carbocycles. The maximum Gasteiger partial charge on any atom is 0.422 e. The molecule has 2 N–H and O–H groups in total. The van der Waals surface area contributed by atoms with Crippen LogP contribution in [0.4, 0.5) is 17.6 Å². The van der Waals surface area contributed by atoms with Gasteiger partial charge < -0.3 is 15.4 Å². The number of nitrogens with one attached hydrogen (secondary N) is 2. The molecule has 2 rings (SSSR count). The van der Waals surface area contributed by atoms with Gasteiger partial charge in [0.15, 0.2) is 12.6 Å². The van der Waals surface area contributed by atoms with Gasteiger partial charge in [-0.3, -0.25) is 4.99 Å². The zero-order valence-electron chi connectivity index (χ0n) is 14.5. The summed E-state index contributed by atoms with van der Waals surface area (Å²) in [6, 6.07) is 12.6. The van der Waals surface area contributed by atoms with Gasteiger partial charge in [0.1, 0.15) is 11.6 Å². The predicted octanol–water partition coefficient (Wildman–Crippen LogP) is 4.25. The molecule has 27 heavy (non-hydrogen) atoms. The van der Waals surface area contributed by atoms with Gasteiger partial charge in [-0.25, -0.2) is 4.39 Å². The first-order valence-electron chi connectivity index (χ1n) is 7.83. The smallest absolute Gasteiger partial charge is 0.422 e. The van der Waals surface area contributed by atoms with Crippen LogP contribution < -0.4 is 15.4 Å². The third kappa shape index (κ3) is 8.94. The van der Waals surface area contributed by atoms with Crippen molar-refractivity contribution in [2.75, 3.05) is 13.7 Å². The van der Waals surface area contributed by atoms with Gasteiger partial charge in [-0.1, -0.05) is 24.3 Å². The van der Waals surface area contributed by atoms with Crippen LogP contribution in [0.3, 0.4) is 0 Å². The minimum absolute atomic E-state index is 0. The summed E-state index contributed by atoms with van der Waals surface area (Å²) in [7, 11) is 1.59. The van der Waals surface area contributed by atoms with Crippen LogP contribution in [-0.2, 0) is 13.1 Å². The van der Waals surface area contributed by atoms with E-state index in [0.717, 1.165) is 11.1 Å². The van der Waals surface area contributed by atoms with Gasteiger partial charge in [-0.2, -0.15) is 13.2 Å². The number of benzene rings is 2. The molecule has 0 aliphatic rings. The summed E-state index contributed by atoms with van der Waals surface area (Å²) in [6.07, 6.45) is -4.38. The molecule has 9 heteroatoms. The average molecular weight is 497 g/mol. The van der Waals surface area contributed by atoms with Gasteiger partial charge >= 0.3 is 6.18 Å². The fourth-order valence-corrected chi connectivity index (χ4v) is 2.15. The molecular formula is C18H20F4IN3O. The number of hydrogen-bond donors (Lipinski definition) is 2. The number of halogens is 5. The van der Waals surface area contributed by atoms with Crippen molar-refractivity contribution in [1.82, 2.24) is 10.6 Å². The number of nitrogens with zero attached hydrogens (tertiary/aromatic N) is 1. The Bertz CT molecular complexity index is 753. The van der Waals surface area contributed by atoms with Crippen LogP contribution in [0.25, 0.3) is 0 Å². The van der Waals surface area contributed by atoms with Crippen LogP contribution in [0.15, 0.2) is 53.5 Å². The van der Waals surface area contributed by atoms with Crippen LogP contribution in [-0.4, -0.2) is 25.8 Å². The minimum atomic E-state index is -4.38. The van der Waals surface area contributed by atoms with Crippen molar-refractivity contribution in [2.45, 2.75) is 19.3 Å². The van der Waals surface area contributed by atoms with E-state index in [1.54, 1.807) is 31.3 Å². The number of alkyl halides is 3. The van der Waals surface area contributed by atoms with E-state index < -0.39 is 12.8 Å². The quantitative estimate of drug-likeness (QED) is 0.272. The Balaban J connectivity index is 0.00000364. The highest BCUT2D eigenvalue weighted by Gasteiger charge is 2.28.